The van der Waals surface area contributed by atoms with Crippen molar-refractivity contribution in [3.63, 3.8) is 0 Å². The van der Waals surface area contributed by atoms with Crippen molar-refractivity contribution in [2.75, 3.05) is 0 Å². The van der Waals surface area contributed by atoms with Crippen molar-refractivity contribution in [1.29, 1.82) is 0 Å². The van der Waals surface area contributed by atoms with Gasteiger partial charge >= 0.3 is 0 Å². The Bertz CT molecular complexity index is 599. The monoisotopic (exact) mass is 288 g/mol. The van der Waals surface area contributed by atoms with E-state index < -0.39 is 4.92 Å². The summed E-state index contributed by atoms with van der Waals surface area (Å²) in [6.07, 6.45) is 0.873. The Morgan fingerprint density at radius 3 is 2.45 bits per heavy atom. The molecular weight excluding hydrogens is 272 g/mol. The summed E-state index contributed by atoms with van der Waals surface area (Å²) in [5.74, 6) is 0. The molecule has 5 heteroatoms. The molecule has 2 aromatic carbocycles. The van der Waals surface area contributed by atoms with Gasteiger partial charge in [0.2, 0.25) is 0 Å². The quantitative estimate of drug-likeness (QED) is 0.662. The maximum Gasteiger partial charge on any atom is 0.269 e. The third-order valence-corrected chi connectivity index (χ3v) is 4.13. The lowest BCUT2D eigenvalue weighted by atomic mass is 10.1. The van der Waals surface area contributed by atoms with E-state index in [0.717, 1.165) is 21.8 Å². The second-order valence-corrected chi connectivity index (χ2v) is 5.52. The van der Waals surface area contributed by atoms with Gasteiger partial charge in [-0.15, -0.1) is 0 Å². The molecule has 0 saturated carbocycles. The lowest BCUT2D eigenvalue weighted by molar-refractivity contribution is -0.384. The van der Waals surface area contributed by atoms with E-state index in [1.807, 2.05) is 24.3 Å². The van der Waals surface area contributed by atoms with E-state index in [2.05, 4.69) is 6.92 Å². The second kappa shape index (κ2) is 6.54. The third kappa shape index (κ3) is 3.37. The average Bonchev–Trinajstić information content (AvgIpc) is 2.47. The number of nitrogens with two attached hydrogens (primary N) is 1. The van der Waals surface area contributed by atoms with Crippen LogP contribution in [0, 0.1) is 10.1 Å². The third-order valence-electron chi connectivity index (χ3n) is 3.03. The number of rotatable bonds is 5. The molecule has 0 spiro atoms. The largest absolute Gasteiger partial charge is 0.324 e. The highest BCUT2D eigenvalue weighted by Crippen LogP contribution is 2.34. The zero-order valence-corrected chi connectivity index (χ0v) is 12.0. The first-order valence-corrected chi connectivity index (χ1v) is 7.20. The van der Waals surface area contributed by atoms with Crippen LogP contribution >= 0.6 is 11.8 Å². The molecular formula is C15H16N2O2S. The highest BCUT2D eigenvalue weighted by Gasteiger charge is 2.11. The summed E-state index contributed by atoms with van der Waals surface area (Å²) in [5, 5.41) is 10.6. The predicted octanol–water partition coefficient (Wildman–Crippen LogP) is 4.16. The normalized spacial score (nSPS) is 12.1. The molecule has 0 bridgehead atoms. The van der Waals surface area contributed by atoms with Crippen LogP contribution in [0.3, 0.4) is 0 Å². The lowest BCUT2D eigenvalue weighted by Crippen LogP contribution is -2.09. The van der Waals surface area contributed by atoms with E-state index in [1.54, 1.807) is 23.9 Å². The number of benzene rings is 2. The zero-order chi connectivity index (χ0) is 14.5. The van der Waals surface area contributed by atoms with Crippen molar-refractivity contribution in [3.05, 3.63) is 64.2 Å². The highest BCUT2D eigenvalue weighted by molar-refractivity contribution is 7.99. The van der Waals surface area contributed by atoms with Crippen LogP contribution in [0.1, 0.15) is 24.9 Å². The number of nitro groups is 1. The molecule has 0 heterocycles. The Hall–Kier alpha value is -1.85. The molecule has 0 aliphatic rings. The van der Waals surface area contributed by atoms with Gasteiger partial charge in [0.05, 0.1) is 4.92 Å². The Balaban J connectivity index is 2.23. The van der Waals surface area contributed by atoms with Gasteiger partial charge in [-0.25, -0.2) is 0 Å². The summed E-state index contributed by atoms with van der Waals surface area (Å²) < 4.78 is 0. The van der Waals surface area contributed by atoms with Gasteiger partial charge in [0.25, 0.3) is 5.69 Å². The van der Waals surface area contributed by atoms with Crippen LogP contribution in [0.5, 0.6) is 0 Å². The lowest BCUT2D eigenvalue weighted by Gasteiger charge is -2.14. The summed E-state index contributed by atoms with van der Waals surface area (Å²) in [6.45, 7) is 2.05. The molecule has 2 aromatic rings. The van der Waals surface area contributed by atoms with Crippen molar-refractivity contribution < 1.29 is 4.92 Å². The first-order valence-electron chi connectivity index (χ1n) is 6.38. The average molecular weight is 288 g/mol. The van der Waals surface area contributed by atoms with Crippen LogP contribution < -0.4 is 5.73 Å². The van der Waals surface area contributed by atoms with Gasteiger partial charge in [-0.05, 0) is 30.2 Å². The van der Waals surface area contributed by atoms with Crippen LogP contribution in [0.4, 0.5) is 5.69 Å². The SMILES string of the molecule is CC[C@@H](N)c1ccccc1Sc1ccc([N+](=O)[O-])cc1. The molecule has 2 N–H and O–H groups in total. The Labute approximate surface area is 122 Å². The smallest absolute Gasteiger partial charge is 0.269 e. The standard InChI is InChI=1S/C15H16N2O2S/c1-2-14(16)13-5-3-4-6-15(13)20-12-9-7-11(8-10-12)17(18)19/h3-10,14H,2,16H2,1H3/t14-/m1/s1. The topological polar surface area (TPSA) is 69.2 Å². The summed E-state index contributed by atoms with van der Waals surface area (Å²) in [6, 6.07) is 14.6. The first-order chi connectivity index (χ1) is 9.61. The molecule has 4 nitrogen and oxygen atoms in total. The maximum absolute atomic E-state index is 10.6. The van der Waals surface area contributed by atoms with Crippen molar-refractivity contribution in [1.82, 2.24) is 0 Å². The van der Waals surface area contributed by atoms with Gasteiger partial charge in [0.1, 0.15) is 0 Å². The first kappa shape index (κ1) is 14.6. The van der Waals surface area contributed by atoms with E-state index in [1.165, 1.54) is 12.1 Å². The molecule has 1 atom stereocenters. The molecule has 0 fully saturated rings. The number of nitro benzene ring substituents is 1. The summed E-state index contributed by atoms with van der Waals surface area (Å²) in [5.41, 5.74) is 7.32. The molecule has 0 aliphatic carbocycles. The van der Waals surface area contributed by atoms with E-state index in [4.69, 9.17) is 5.73 Å². The van der Waals surface area contributed by atoms with Gasteiger partial charge in [-0.1, -0.05) is 36.9 Å². The summed E-state index contributed by atoms with van der Waals surface area (Å²) in [7, 11) is 0. The van der Waals surface area contributed by atoms with Gasteiger partial charge in [-0.3, -0.25) is 10.1 Å². The molecule has 2 rings (SSSR count). The maximum atomic E-state index is 10.6. The van der Waals surface area contributed by atoms with E-state index >= 15 is 0 Å². The molecule has 0 unspecified atom stereocenters. The molecule has 20 heavy (non-hydrogen) atoms. The second-order valence-electron chi connectivity index (χ2n) is 4.41. The number of nitrogens with zero attached hydrogens (tertiary/aromatic N) is 1. The number of hydrogen-bond donors (Lipinski definition) is 1. The fourth-order valence-electron chi connectivity index (χ4n) is 1.86. The fraction of sp³-hybridized carbons (Fsp3) is 0.200. The van der Waals surface area contributed by atoms with Gasteiger partial charge in [0, 0.05) is 28.0 Å². The van der Waals surface area contributed by atoms with Gasteiger partial charge in [-0.2, -0.15) is 0 Å². The minimum atomic E-state index is -0.393. The Morgan fingerprint density at radius 1 is 1.20 bits per heavy atom. The molecule has 0 aromatic heterocycles. The molecule has 0 radical (unpaired) electrons. The Kier molecular flexibility index (Phi) is 4.76. The highest BCUT2D eigenvalue weighted by atomic mass is 32.2. The van der Waals surface area contributed by atoms with Crippen molar-refractivity contribution in [3.8, 4) is 0 Å². The Morgan fingerprint density at radius 2 is 1.85 bits per heavy atom. The number of hydrogen-bond acceptors (Lipinski definition) is 4. The van der Waals surface area contributed by atoms with Crippen LogP contribution in [0.15, 0.2) is 58.3 Å². The minimum absolute atomic E-state index is 0.0109. The predicted molar refractivity (Wildman–Crippen MR) is 80.9 cm³/mol. The summed E-state index contributed by atoms with van der Waals surface area (Å²) >= 11 is 1.58. The van der Waals surface area contributed by atoms with Gasteiger partial charge < -0.3 is 5.73 Å². The van der Waals surface area contributed by atoms with Gasteiger partial charge in [0.15, 0.2) is 0 Å². The van der Waals surface area contributed by atoms with Crippen molar-refractivity contribution in [2.24, 2.45) is 5.73 Å². The summed E-state index contributed by atoms with van der Waals surface area (Å²) in [4.78, 5) is 12.3. The minimum Gasteiger partial charge on any atom is -0.324 e. The molecule has 104 valence electrons. The van der Waals surface area contributed by atoms with E-state index in [9.17, 15) is 10.1 Å². The van der Waals surface area contributed by atoms with Crippen LogP contribution in [-0.4, -0.2) is 4.92 Å². The van der Waals surface area contributed by atoms with Crippen LogP contribution in [0.25, 0.3) is 0 Å². The van der Waals surface area contributed by atoms with E-state index in [-0.39, 0.29) is 11.7 Å². The molecule has 0 saturated heterocycles. The van der Waals surface area contributed by atoms with Crippen molar-refractivity contribution >= 4 is 17.4 Å². The zero-order valence-electron chi connectivity index (χ0n) is 11.2. The molecule has 0 aliphatic heterocycles. The molecule has 0 amide bonds. The van der Waals surface area contributed by atoms with E-state index in [0.29, 0.717) is 0 Å². The van der Waals surface area contributed by atoms with Crippen molar-refractivity contribution in [2.45, 2.75) is 29.2 Å². The number of non-ortho nitro benzene ring substituents is 1. The van der Waals surface area contributed by atoms with Crippen LogP contribution in [0.2, 0.25) is 0 Å². The van der Waals surface area contributed by atoms with Crippen LogP contribution in [-0.2, 0) is 0 Å². The fourth-order valence-corrected chi connectivity index (χ4v) is 2.87.